The molecule has 0 aliphatic rings. The predicted molar refractivity (Wildman–Crippen MR) is 46.9 cm³/mol. The lowest BCUT2D eigenvalue weighted by molar-refractivity contribution is 0.343. The van der Waals surface area contributed by atoms with Crippen LogP contribution in [0.3, 0.4) is 0 Å². The van der Waals surface area contributed by atoms with Crippen molar-refractivity contribution in [3.8, 4) is 5.75 Å². The molecule has 0 unspecified atom stereocenters. The lowest BCUT2D eigenvalue weighted by atomic mass is 10.2. The molecule has 0 saturated heterocycles. The molecule has 0 aromatic carbocycles. The third-order valence-corrected chi connectivity index (χ3v) is 1.43. The second kappa shape index (κ2) is 4.51. The van der Waals surface area contributed by atoms with Gasteiger partial charge in [-0.15, -0.1) is 0 Å². The summed E-state index contributed by atoms with van der Waals surface area (Å²) in [7, 11) is 1.60. The van der Waals surface area contributed by atoms with Gasteiger partial charge in [0.2, 0.25) is 0 Å². The minimum atomic E-state index is 0.0258. The van der Waals surface area contributed by atoms with E-state index in [0.29, 0.717) is 0 Å². The first-order valence-electron chi connectivity index (χ1n) is 3.64. The fourth-order valence-electron chi connectivity index (χ4n) is 0.885. The van der Waals surface area contributed by atoms with Crippen molar-refractivity contribution in [3.05, 3.63) is 30.1 Å². The summed E-state index contributed by atoms with van der Waals surface area (Å²) in [6.07, 6.45) is 6.76. The van der Waals surface area contributed by atoms with Crippen molar-refractivity contribution in [1.29, 1.82) is 0 Å². The number of aliphatic hydroxyl groups excluding tert-OH is 1. The highest BCUT2D eigenvalue weighted by Crippen LogP contribution is 2.16. The first kappa shape index (κ1) is 8.74. The molecule has 1 heterocycles. The Balaban J connectivity index is 2.89. The first-order chi connectivity index (χ1) is 5.88. The largest absolute Gasteiger partial charge is 0.496 e. The van der Waals surface area contributed by atoms with Crippen LogP contribution in [-0.2, 0) is 0 Å². The summed E-state index contributed by atoms with van der Waals surface area (Å²) in [5.41, 5.74) is 0.869. The molecule has 0 amide bonds. The van der Waals surface area contributed by atoms with Gasteiger partial charge < -0.3 is 9.84 Å². The number of hydrogen-bond acceptors (Lipinski definition) is 3. The number of aromatic nitrogens is 1. The van der Waals surface area contributed by atoms with Crippen LogP contribution in [0, 0.1) is 0 Å². The smallest absolute Gasteiger partial charge is 0.129 e. The Kier molecular flexibility index (Phi) is 3.29. The van der Waals surface area contributed by atoms with Crippen LogP contribution < -0.4 is 4.74 Å². The standard InChI is InChI=1S/C9H11NO2/c1-12-9-4-5-10-7-8(9)3-2-6-11/h2-5,7,11H,6H2,1H3. The van der Waals surface area contributed by atoms with Gasteiger partial charge in [-0.2, -0.15) is 0 Å². The zero-order chi connectivity index (χ0) is 8.81. The highest BCUT2D eigenvalue weighted by atomic mass is 16.5. The molecule has 1 N–H and O–H groups in total. The summed E-state index contributed by atoms with van der Waals surface area (Å²) in [6, 6.07) is 1.77. The second-order valence-electron chi connectivity index (χ2n) is 2.20. The Bertz CT molecular complexity index is 271. The van der Waals surface area contributed by atoms with Crippen molar-refractivity contribution in [3.63, 3.8) is 0 Å². The molecule has 0 radical (unpaired) electrons. The van der Waals surface area contributed by atoms with Crippen LogP contribution in [0.5, 0.6) is 5.75 Å². The third kappa shape index (κ3) is 2.07. The molecule has 0 bridgehead atoms. The second-order valence-corrected chi connectivity index (χ2v) is 2.20. The number of rotatable bonds is 3. The van der Waals surface area contributed by atoms with Crippen LogP contribution in [0.4, 0.5) is 0 Å². The molecule has 1 rings (SSSR count). The van der Waals surface area contributed by atoms with Crippen molar-refractivity contribution in [1.82, 2.24) is 4.98 Å². The van der Waals surface area contributed by atoms with Gasteiger partial charge in [0.25, 0.3) is 0 Å². The van der Waals surface area contributed by atoms with Crippen LogP contribution in [-0.4, -0.2) is 23.8 Å². The summed E-state index contributed by atoms with van der Waals surface area (Å²) in [6.45, 7) is 0.0258. The molecule has 0 aliphatic carbocycles. The zero-order valence-corrected chi connectivity index (χ0v) is 6.90. The van der Waals surface area contributed by atoms with Gasteiger partial charge in [-0.05, 0) is 6.07 Å². The number of methoxy groups -OCH3 is 1. The molecule has 0 fully saturated rings. The fraction of sp³-hybridized carbons (Fsp3) is 0.222. The van der Waals surface area contributed by atoms with E-state index >= 15 is 0 Å². The van der Waals surface area contributed by atoms with Gasteiger partial charge in [0.1, 0.15) is 5.75 Å². The quantitative estimate of drug-likeness (QED) is 0.729. The summed E-state index contributed by atoms with van der Waals surface area (Å²) in [4.78, 5) is 3.93. The van der Waals surface area contributed by atoms with Gasteiger partial charge in [0, 0.05) is 18.0 Å². The van der Waals surface area contributed by atoms with Gasteiger partial charge in [0.15, 0.2) is 0 Å². The third-order valence-electron chi connectivity index (χ3n) is 1.43. The van der Waals surface area contributed by atoms with E-state index in [9.17, 15) is 0 Å². The molecular weight excluding hydrogens is 154 g/mol. The average Bonchev–Trinajstić information content (AvgIpc) is 2.15. The fourth-order valence-corrected chi connectivity index (χ4v) is 0.885. The summed E-state index contributed by atoms with van der Waals surface area (Å²) >= 11 is 0. The van der Waals surface area contributed by atoms with Crippen LogP contribution in [0.2, 0.25) is 0 Å². The molecule has 1 aromatic heterocycles. The van der Waals surface area contributed by atoms with Crippen molar-refractivity contribution < 1.29 is 9.84 Å². The van der Waals surface area contributed by atoms with Gasteiger partial charge in [-0.25, -0.2) is 0 Å². The molecule has 0 spiro atoms. The van der Waals surface area contributed by atoms with E-state index in [1.54, 1.807) is 37.7 Å². The summed E-state index contributed by atoms with van der Waals surface area (Å²) in [5, 5.41) is 8.54. The maximum absolute atomic E-state index is 8.54. The Morgan fingerprint density at radius 3 is 3.17 bits per heavy atom. The predicted octanol–water partition coefficient (Wildman–Crippen LogP) is 1.10. The van der Waals surface area contributed by atoms with Crippen LogP contribution in [0.1, 0.15) is 5.56 Å². The first-order valence-corrected chi connectivity index (χ1v) is 3.64. The molecule has 64 valence electrons. The summed E-state index contributed by atoms with van der Waals surface area (Å²) in [5.74, 6) is 0.759. The Morgan fingerprint density at radius 2 is 2.50 bits per heavy atom. The molecule has 0 aliphatic heterocycles. The SMILES string of the molecule is COc1ccncc1C=CCO. The summed E-state index contributed by atoms with van der Waals surface area (Å²) < 4.78 is 5.07. The Hall–Kier alpha value is -1.35. The Morgan fingerprint density at radius 1 is 1.67 bits per heavy atom. The normalized spacial score (nSPS) is 10.5. The van der Waals surface area contributed by atoms with E-state index in [0.717, 1.165) is 11.3 Å². The lowest BCUT2D eigenvalue weighted by Crippen LogP contribution is -1.87. The van der Waals surface area contributed by atoms with E-state index in [4.69, 9.17) is 9.84 Å². The number of hydrogen-bond donors (Lipinski definition) is 1. The number of nitrogens with zero attached hydrogens (tertiary/aromatic N) is 1. The van der Waals surface area contributed by atoms with Crippen molar-refractivity contribution >= 4 is 6.08 Å². The van der Waals surface area contributed by atoms with Crippen LogP contribution >= 0.6 is 0 Å². The van der Waals surface area contributed by atoms with Gasteiger partial charge in [-0.3, -0.25) is 4.98 Å². The zero-order valence-electron chi connectivity index (χ0n) is 6.90. The minimum absolute atomic E-state index is 0.0258. The highest BCUT2D eigenvalue weighted by molar-refractivity contribution is 5.55. The lowest BCUT2D eigenvalue weighted by Gasteiger charge is -2.01. The molecule has 3 nitrogen and oxygen atoms in total. The maximum Gasteiger partial charge on any atom is 0.129 e. The highest BCUT2D eigenvalue weighted by Gasteiger charge is 1.95. The van der Waals surface area contributed by atoms with Crippen molar-refractivity contribution in [2.45, 2.75) is 0 Å². The van der Waals surface area contributed by atoms with Gasteiger partial charge >= 0.3 is 0 Å². The van der Waals surface area contributed by atoms with Gasteiger partial charge in [0.05, 0.1) is 13.7 Å². The van der Waals surface area contributed by atoms with Crippen LogP contribution in [0.25, 0.3) is 6.08 Å². The minimum Gasteiger partial charge on any atom is -0.496 e. The molecule has 3 heteroatoms. The number of ether oxygens (including phenoxy) is 1. The average molecular weight is 165 g/mol. The topological polar surface area (TPSA) is 42.4 Å². The number of aliphatic hydroxyl groups is 1. The molecule has 0 saturated carbocycles. The Labute approximate surface area is 71.3 Å². The monoisotopic (exact) mass is 165 g/mol. The molecule has 12 heavy (non-hydrogen) atoms. The number of pyridine rings is 1. The van der Waals surface area contributed by atoms with E-state index in [2.05, 4.69) is 4.98 Å². The molecule has 1 aromatic rings. The maximum atomic E-state index is 8.54. The van der Waals surface area contributed by atoms with Gasteiger partial charge in [-0.1, -0.05) is 12.2 Å². The molecule has 0 atom stereocenters. The van der Waals surface area contributed by atoms with Crippen molar-refractivity contribution in [2.75, 3.05) is 13.7 Å². The van der Waals surface area contributed by atoms with E-state index < -0.39 is 0 Å². The van der Waals surface area contributed by atoms with Crippen molar-refractivity contribution in [2.24, 2.45) is 0 Å². The van der Waals surface area contributed by atoms with E-state index in [1.807, 2.05) is 0 Å². The molecular formula is C9H11NO2. The van der Waals surface area contributed by atoms with E-state index in [1.165, 1.54) is 0 Å². The van der Waals surface area contributed by atoms with E-state index in [-0.39, 0.29) is 6.61 Å². The van der Waals surface area contributed by atoms with Crippen LogP contribution in [0.15, 0.2) is 24.5 Å².